The molecule has 0 atom stereocenters. The average Bonchev–Trinajstić information content (AvgIpc) is 3.33. The minimum Gasteiger partial charge on any atom is -0.378 e. The number of fused-ring (bicyclic) bond motifs is 3. The molecule has 3 aromatic rings. The highest BCUT2D eigenvalue weighted by molar-refractivity contribution is 7.17. The van der Waals surface area contributed by atoms with E-state index < -0.39 is 0 Å². The highest BCUT2D eigenvalue weighted by atomic mass is 32.1. The summed E-state index contributed by atoms with van der Waals surface area (Å²) in [6, 6.07) is 18.3. The highest BCUT2D eigenvalue weighted by Gasteiger charge is 2.24. The van der Waals surface area contributed by atoms with E-state index in [1.54, 1.807) is 4.90 Å². The number of likely N-dealkylation sites (N-methyl/N-ethyl adjacent to an activating group) is 1. The van der Waals surface area contributed by atoms with Gasteiger partial charge in [0.15, 0.2) is 0 Å². The van der Waals surface area contributed by atoms with E-state index in [1.807, 2.05) is 43.3 Å². The molecule has 1 fully saturated rings. The predicted molar refractivity (Wildman–Crippen MR) is 137 cm³/mol. The molecule has 34 heavy (non-hydrogen) atoms. The van der Waals surface area contributed by atoms with E-state index in [1.165, 1.54) is 32.9 Å². The summed E-state index contributed by atoms with van der Waals surface area (Å²) in [5.74, 6) is -0.279. The van der Waals surface area contributed by atoms with E-state index in [0.29, 0.717) is 11.4 Å². The Morgan fingerprint density at radius 2 is 1.76 bits per heavy atom. The summed E-state index contributed by atoms with van der Waals surface area (Å²) in [6.07, 6.45) is 1.95. The quantitative estimate of drug-likeness (QED) is 0.572. The first kappa shape index (κ1) is 22.6. The van der Waals surface area contributed by atoms with Crippen LogP contribution in [-0.4, -0.2) is 56.1 Å². The fourth-order valence-corrected chi connectivity index (χ4v) is 5.85. The normalized spacial score (nSPS) is 14.8. The second-order valence-corrected chi connectivity index (χ2v) is 9.69. The van der Waals surface area contributed by atoms with Gasteiger partial charge in [0.25, 0.3) is 5.91 Å². The lowest BCUT2D eigenvalue weighted by Crippen LogP contribution is -2.37. The van der Waals surface area contributed by atoms with Gasteiger partial charge in [-0.15, -0.1) is 11.3 Å². The number of rotatable bonds is 6. The van der Waals surface area contributed by atoms with Gasteiger partial charge in [-0.25, -0.2) is 0 Å². The second kappa shape index (κ2) is 9.99. The second-order valence-electron chi connectivity index (χ2n) is 8.64. The topological polar surface area (TPSA) is 61.9 Å². The van der Waals surface area contributed by atoms with E-state index in [4.69, 9.17) is 4.74 Å². The summed E-state index contributed by atoms with van der Waals surface area (Å²) in [6.45, 7) is 5.62. The Morgan fingerprint density at radius 3 is 2.53 bits per heavy atom. The van der Waals surface area contributed by atoms with Gasteiger partial charge in [0.2, 0.25) is 5.91 Å². The van der Waals surface area contributed by atoms with Crippen molar-refractivity contribution in [2.24, 2.45) is 0 Å². The number of nitrogens with zero attached hydrogens (tertiary/aromatic N) is 2. The van der Waals surface area contributed by atoms with Gasteiger partial charge in [0, 0.05) is 35.9 Å². The van der Waals surface area contributed by atoms with Gasteiger partial charge in [-0.05, 0) is 66.8 Å². The molecular weight excluding hydrogens is 446 g/mol. The van der Waals surface area contributed by atoms with Crippen LogP contribution in [0.2, 0.25) is 0 Å². The average molecular weight is 476 g/mol. The summed E-state index contributed by atoms with van der Waals surface area (Å²) >= 11 is 1.54. The predicted octanol–water partition coefficient (Wildman–Crippen LogP) is 4.45. The molecule has 2 aliphatic rings. The van der Waals surface area contributed by atoms with Crippen molar-refractivity contribution in [2.45, 2.75) is 19.8 Å². The van der Waals surface area contributed by atoms with Crippen LogP contribution < -0.4 is 10.2 Å². The minimum absolute atomic E-state index is 0.0275. The van der Waals surface area contributed by atoms with Crippen molar-refractivity contribution < 1.29 is 14.3 Å². The Bertz CT molecular complexity index is 1180. The molecule has 0 unspecified atom stereocenters. The van der Waals surface area contributed by atoms with E-state index in [9.17, 15) is 9.59 Å². The van der Waals surface area contributed by atoms with Crippen LogP contribution in [-0.2, 0) is 22.4 Å². The molecule has 2 aromatic carbocycles. The molecule has 176 valence electrons. The highest BCUT2D eigenvalue weighted by Crippen LogP contribution is 2.39. The molecule has 0 spiro atoms. The molecule has 2 amide bonds. The standard InChI is InChI=1S/C27H29N3O3S/c1-2-29(18-25(31)28-21-9-11-22(12-10-21)30-13-15-33-16-14-30)27(32)24-17-20-8-7-19-5-3-4-6-23(19)26(20)34-24/h3-6,9-12,17H,2,7-8,13-16,18H2,1H3,(H,28,31). The number of hydrogen-bond donors (Lipinski definition) is 1. The summed E-state index contributed by atoms with van der Waals surface area (Å²) in [7, 11) is 0. The minimum atomic E-state index is -0.194. The van der Waals surface area contributed by atoms with Crippen LogP contribution in [0.1, 0.15) is 27.7 Å². The zero-order valence-electron chi connectivity index (χ0n) is 19.4. The Labute approximate surface area is 204 Å². The van der Waals surface area contributed by atoms with Crippen molar-refractivity contribution in [3.63, 3.8) is 0 Å². The smallest absolute Gasteiger partial charge is 0.264 e. The van der Waals surface area contributed by atoms with Crippen molar-refractivity contribution in [2.75, 3.05) is 49.6 Å². The van der Waals surface area contributed by atoms with Crippen molar-refractivity contribution in [3.8, 4) is 10.4 Å². The maximum absolute atomic E-state index is 13.3. The molecule has 2 heterocycles. The molecule has 1 saturated heterocycles. The van der Waals surface area contributed by atoms with Crippen LogP contribution >= 0.6 is 11.3 Å². The maximum Gasteiger partial charge on any atom is 0.264 e. The molecule has 7 heteroatoms. The zero-order chi connectivity index (χ0) is 23.5. The third-order valence-corrected chi connectivity index (χ3v) is 7.67. The Balaban J connectivity index is 1.23. The van der Waals surface area contributed by atoms with Crippen molar-refractivity contribution >= 4 is 34.5 Å². The lowest BCUT2D eigenvalue weighted by atomic mass is 9.91. The zero-order valence-corrected chi connectivity index (χ0v) is 20.2. The fourth-order valence-electron chi connectivity index (χ4n) is 4.61. The molecular formula is C27H29N3O3S. The molecule has 0 saturated carbocycles. The van der Waals surface area contributed by atoms with E-state index in [2.05, 4.69) is 28.4 Å². The number of morpholine rings is 1. The lowest BCUT2D eigenvalue weighted by Gasteiger charge is -2.29. The van der Waals surface area contributed by atoms with Gasteiger partial charge in [-0.3, -0.25) is 9.59 Å². The number of anilines is 2. The summed E-state index contributed by atoms with van der Waals surface area (Å²) in [5.41, 5.74) is 5.65. The first-order valence-electron chi connectivity index (χ1n) is 11.8. The Kier molecular flexibility index (Phi) is 6.65. The number of hydrogen-bond acceptors (Lipinski definition) is 5. The van der Waals surface area contributed by atoms with Crippen LogP contribution in [0.4, 0.5) is 11.4 Å². The van der Waals surface area contributed by atoms with E-state index in [0.717, 1.165) is 50.5 Å². The van der Waals surface area contributed by atoms with Gasteiger partial charge < -0.3 is 19.9 Å². The molecule has 1 aliphatic carbocycles. The van der Waals surface area contributed by atoms with Gasteiger partial charge in [-0.2, -0.15) is 0 Å². The van der Waals surface area contributed by atoms with Gasteiger partial charge in [0.1, 0.15) is 6.54 Å². The largest absolute Gasteiger partial charge is 0.378 e. The Morgan fingerprint density at radius 1 is 1.03 bits per heavy atom. The Hall–Kier alpha value is -3.16. The van der Waals surface area contributed by atoms with Crippen molar-refractivity contribution in [1.82, 2.24) is 4.90 Å². The molecule has 5 rings (SSSR count). The number of ether oxygens (including phenoxy) is 1. The summed E-state index contributed by atoms with van der Waals surface area (Å²) < 4.78 is 5.41. The summed E-state index contributed by atoms with van der Waals surface area (Å²) in [4.78, 5) is 31.8. The van der Waals surface area contributed by atoms with E-state index >= 15 is 0 Å². The number of benzene rings is 2. The summed E-state index contributed by atoms with van der Waals surface area (Å²) in [5, 5.41) is 2.93. The SMILES string of the molecule is CCN(CC(=O)Nc1ccc(N2CCOCC2)cc1)C(=O)c1cc2c(s1)-c1ccccc1CC2. The number of carbonyl (C=O) groups excluding carboxylic acids is 2. The molecule has 1 N–H and O–H groups in total. The van der Waals surface area contributed by atoms with E-state index in [-0.39, 0.29) is 18.4 Å². The van der Waals surface area contributed by atoms with Crippen molar-refractivity contribution in [1.29, 1.82) is 0 Å². The third kappa shape index (κ3) is 4.72. The van der Waals surface area contributed by atoms with Crippen LogP contribution in [0, 0.1) is 0 Å². The number of thiophene rings is 1. The molecule has 0 radical (unpaired) electrons. The van der Waals surface area contributed by atoms with Crippen molar-refractivity contribution in [3.05, 3.63) is 70.6 Å². The third-order valence-electron chi connectivity index (χ3n) is 6.48. The number of nitrogens with one attached hydrogen (secondary N) is 1. The van der Waals surface area contributed by atoms with Crippen LogP contribution in [0.3, 0.4) is 0 Å². The first-order valence-corrected chi connectivity index (χ1v) is 12.7. The lowest BCUT2D eigenvalue weighted by molar-refractivity contribution is -0.116. The molecule has 6 nitrogen and oxygen atoms in total. The van der Waals surface area contributed by atoms with Crippen LogP contribution in [0.5, 0.6) is 0 Å². The number of carbonyl (C=O) groups is 2. The molecule has 1 aliphatic heterocycles. The molecule has 0 bridgehead atoms. The number of aryl methyl sites for hydroxylation is 2. The maximum atomic E-state index is 13.3. The monoisotopic (exact) mass is 475 g/mol. The van der Waals surface area contributed by atoms with Crippen LogP contribution in [0.15, 0.2) is 54.6 Å². The number of amides is 2. The van der Waals surface area contributed by atoms with Gasteiger partial charge in [-0.1, -0.05) is 24.3 Å². The first-order chi connectivity index (χ1) is 16.6. The fraction of sp³-hybridized carbons (Fsp3) is 0.333. The van der Waals surface area contributed by atoms with Crippen LogP contribution in [0.25, 0.3) is 10.4 Å². The molecule has 1 aromatic heterocycles. The van der Waals surface area contributed by atoms with Gasteiger partial charge >= 0.3 is 0 Å². The van der Waals surface area contributed by atoms with Gasteiger partial charge in [0.05, 0.1) is 18.1 Å².